The van der Waals surface area contributed by atoms with Gasteiger partial charge in [-0.1, -0.05) is 42.1 Å². The van der Waals surface area contributed by atoms with E-state index in [9.17, 15) is 9.18 Å². The van der Waals surface area contributed by atoms with E-state index in [1.54, 1.807) is 19.1 Å². The van der Waals surface area contributed by atoms with Crippen LogP contribution in [0.15, 0.2) is 59.9 Å². The second kappa shape index (κ2) is 6.75. The molecule has 3 rings (SSSR count). The van der Waals surface area contributed by atoms with Crippen molar-refractivity contribution in [2.24, 2.45) is 0 Å². The van der Waals surface area contributed by atoms with Crippen LogP contribution in [0.4, 0.5) is 10.1 Å². The predicted molar refractivity (Wildman–Crippen MR) is 89.9 cm³/mol. The molecule has 1 heterocycles. The molecule has 0 aliphatic heterocycles. The number of carbonyl (C=O) groups excluding carboxylic acids is 1. The highest BCUT2D eigenvalue weighted by Crippen LogP contribution is 2.28. The summed E-state index contributed by atoms with van der Waals surface area (Å²) < 4.78 is 13.6. The van der Waals surface area contributed by atoms with E-state index in [-0.39, 0.29) is 11.6 Å². The van der Waals surface area contributed by atoms with Crippen LogP contribution in [0.25, 0.3) is 10.9 Å². The van der Waals surface area contributed by atoms with Gasteiger partial charge in [-0.25, -0.2) is 14.4 Å². The molecule has 0 aliphatic rings. The third kappa shape index (κ3) is 3.48. The van der Waals surface area contributed by atoms with Gasteiger partial charge in [0.05, 0.1) is 16.5 Å². The number of halogens is 1. The van der Waals surface area contributed by atoms with Gasteiger partial charge in [-0.05, 0) is 25.1 Å². The average Bonchev–Trinajstić information content (AvgIpc) is 2.57. The minimum atomic E-state index is -0.453. The Bertz CT molecular complexity index is 851. The fraction of sp³-hybridized carbons (Fsp3) is 0.118. The van der Waals surface area contributed by atoms with Crippen molar-refractivity contribution in [2.45, 2.75) is 17.2 Å². The van der Waals surface area contributed by atoms with Crippen LogP contribution in [-0.4, -0.2) is 21.1 Å². The summed E-state index contributed by atoms with van der Waals surface area (Å²) in [5.41, 5.74) is 1.00. The number of aromatic nitrogens is 2. The number of thioether (sulfide) groups is 1. The summed E-state index contributed by atoms with van der Waals surface area (Å²) in [5, 5.41) is 3.80. The molecule has 4 nitrogen and oxygen atoms in total. The third-order valence-electron chi connectivity index (χ3n) is 3.30. The van der Waals surface area contributed by atoms with E-state index in [0.29, 0.717) is 0 Å². The van der Waals surface area contributed by atoms with Gasteiger partial charge in [-0.3, -0.25) is 4.79 Å². The van der Waals surface area contributed by atoms with Crippen molar-refractivity contribution >= 4 is 34.3 Å². The molecule has 1 amide bonds. The molecule has 1 atom stereocenters. The number of carbonyl (C=O) groups is 1. The second-order valence-corrected chi connectivity index (χ2v) is 6.25. The molecular formula is C17H14FN3OS. The van der Waals surface area contributed by atoms with Crippen molar-refractivity contribution < 1.29 is 9.18 Å². The number of amides is 1. The zero-order chi connectivity index (χ0) is 16.2. The van der Waals surface area contributed by atoms with E-state index in [2.05, 4.69) is 15.3 Å². The predicted octanol–water partition coefficient (Wildman–Crippen LogP) is 3.89. The maximum atomic E-state index is 13.6. The molecule has 23 heavy (non-hydrogen) atoms. The quantitative estimate of drug-likeness (QED) is 0.583. The van der Waals surface area contributed by atoms with Crippen LogP contribution in [0, 0.1) is 5.82 Å². The molecule has 1 aromatic heterocycles. The van der Waals surface area contributed by atoms with E-state index in [1.165, 1.54) is 30.2 Å². The van der Waals surface area contributed by atoms with Crippen LogP contribution < -0.4 is 5.32 Å². The normalized spacial score (nSPS) is 12.1. The van der Waals surface area contributed by atoms with Crippen molar-refractivity contribution in [3.8, 4) is 0 Å². The number of benzene rings is 2. The standard InChI is InChI=1S/C17H14FN3OS/c1-11(16(22)21-15-9-5-3-7-13(15)18)23-17-12-6-2-4-8-14(12)19-10-20-17/h2-11H,1H3,(H,21,22)/t11-/m0/s1. The number of anilines is 1. The SMILES string of the molecule is C[C@H](Sc1ncnc2ccccc12)C(=O)Nc1ccccc1F. The maximum Gasteiger partial charge on any atom is 0.237 e. The smallest absolute Gasteiger partial charge is 0.237 e. The van der Waals surface area contributed by atoms with Crippen LogP contribution >= 0.6 is 11.8 Å². The highest BCUT2D eigenvalue weighted by Gasteiger charge is 2.18. The van der Waals surface area contributed by atoms with Gasteiger partial charge in [0.2, 0.25) is 5.91 Å². The summed E-state index contributed by atoms with van der Waals surface area (Å²) in [7, 11) is 0. The minimum Gasteiger partial charge on any atom is -0.323 e. The minimum absolute atomic E-state index is 0.178. The lowest BCUT2D eigenvalue weighted by Crippen LogP contribution is -2.23. The summed E-state index contributed by atoms with van der Waals surface area (Å²) in [6, 6.07) is 13.7. The molecule has 3 aromatic rings. The van der Waals surface area contributed by atoms with Crippen LogP contribution in [0.5, 0.6) is 0 Å². The van der Waals surface area contributed by atoms with Crippen molar-refractivity contribution in [3.05, 3.63) is 60.7 Å². The molecule has 6 heteroatoms. The largest absolute Gasteiger partial charge is 0.323 e. The molecule has 0 bridgehead atoms. The Labute approximate surface area is 137 Å². The zero-order valence-corrected chi connectivity index (χ0v) is 13.2. The van der Waals surface area contributed by atoms with Crippen molar-refractivity contribution in [1.29, 1.82) is 0 Å². The molecule has 0 radical (unpaired) electrons. The van der Waals surface area contributed by atoms with Gasteiger partial charge in [0, 0.05) is 5.39 Å². The third-order valence-corrected chi connectivity index (χ3v) is 4.41. The highest BCUT2D eigenvalue weighted by atomic mass is 32.2. The van der Waals surface area contributed by atoms with Crippen LogP contribution in [-0.2, 0) is 4.79 Å². The molecular weight excluding hydrogens is 313 g/mol. The molecule has 0 spiro atoms. The lowest BCUT2D eigenvalue weighted by Gasteiger charge is -2.13. The van der Waals surface area contributed by atoms with Gasteiger partial charge in [0.25, 0.3) is 0 Å². The van der Waals surface area contributed by atoms with Crippen molar-refractivity contribution in [3.63, 3.8) is 0 Å². The van der Waals surface area contributed by atoms with Gasteiger partial charge >= 0.3 is 0 Å². The monoisotopic (exact) mass is 327 g/mol. The average molecular weight is 327 g/mol. The molecule has 0 fully saturated rings. The van der Waals surface area contributed by atoms with Gasteiger partial charge < -0.3 is 5.32 Å². The van der Waals surface area contributed by atoms with Crippen molar-refractivity contribution in [1.82, 2.24) is 9.97 Å². The molecule has 1 N–H and O–H groups in total. The van der Waals surface area contributed by atoms with E-state index >= 15 is 0 Å². The fourth-order valence-electron chi connectivity index (χ4n) is 2.09. The maximum absolute atomic E-state index is 13.6. The molecule has 2 aromatic carbocycles. The molecule has 116 valence electrons. The fourth-order valence-corrected chi connectivity index (χ4v) is 3.00. The Balaban J connectivity index is 1.77. The lowest BCUT2D eigenvalue weighted by molar-refractivity contribution is -0.115. The van der Waals surface area contributed by atoms with Gasteiger partial charge in [-0.2, -0.15) is 0 Å². The molecule has 0 saturated carbocycles. The van der Waals surface area contributed by atoms with Crippen LogP contribution in [0.1, 0.15) is 6.92 Å². The summed E-state index contributed by atoms with van der Waals surface area (Å²) in [6.07, 6.45) is 1.48. The molecule has 0 aliphatic carbocycles. The zero-order valence-electron chi connectivity index (χ0n) is 12.4. The van der Waals surface area contributed by atoms with Gasteiger partial charge in [-0.15, -0.1) is 0 Å². The van der Waals surface area contributed by atoms with Gasteiger partial charge in [0.15, 0.2) is 0 Å². The Morgan fingerprint density at radius 1 is 1.13 bits per heavy atom. The second-order valence-electron chi connectivity index (χ2n) is 4.93. The number of nitrogens with one attached hydrogen (secondary N) is 1. The topological polar surface area (TPSA) is 54.9 Å². The van der Waals surface area contributed by atoms with E-state index in [4.69, 9.17) is 0 Å². The number of para-hydroxylation sites is 2. The highest BCUT2D eigenvalue weighted by molar-refractivity contribution is 8.00. The summed E-state index contributed by atoms with van der Waals surface area (Å²) >= 11 is 1.32. The van der Waals surface area contributed by atoms with E-state index < -0.39 is 11.1 Å². The first-order valence-electron chi connectivity index (χ1n) is 7.07. The molecule has 0 unspecified atom stereocenters. The number of hydrogen-bond acceptors (Lipinski definition) is 4. The number of fused-ring (bicyclic) bond motifs is 1. The number of nitrogens with zero attached hydrogens (tertiary/aromatic N) is 2. The Morgan fingerprint density at radius 3 is 2.70 bits per heavy atom. The van der Waals surface area contributed by atoms with Crippen molar-refractivity contribution in [2.75, 3.05) is 5.32 Å². The first-order chi connectivity index (χ1) is 11.1. The summed E-state index contributed by atoms with van der Waals surface area (Å²) in [4.78, 5) is 20.7. The summed E-state index contributed by atoms with van der Waals surface area (Å²) in [6.45, 7) is 1.76. The van der Waals surface area contributed by atoms with E-state index in [0.717, 1.165) is 15.9 Å². The lowest BCUT2D eigenvalue weighted by atomic mass is 10.2. The Morgan fingerprint density at radius 2 is 1.87 bits per heavy atom. The van der Waals surface area contributed by atoms with Gasteiger partial charge in [0.1, 0.15) is 17.2 Å². The van der Waals surface area contributed by atoms with E-state index in [1.807, 2.05) is 24.3 Å². The Kier molecular flexibility index (Phi) is 4.52. The summed E-state index contributed by atoms with van der Waals surface area (Å²) in [5.74, 6) is -0.728. The first kappa shape index (κ1) is 15.4. The molecule has 0 saturated heterocycles. The van der Waals surface area contributed by atoms with Crippen LogP contribution in [0.3, 0.4) is 0 Å². The number of hydrogen-bond donors (Lipinski definition) is 1. The first-order valence-corrected chi connectivity index (χ1v) is 7.95. The Hall–Kier alpha value is -2.47. The number of rotatable bonds is 4. The van der Waals surface area contributed by atoms with Crippen LogP contribution in [0.2, 0.25) is 0 Å².